The van der Waals surface area contributed by atoms with Crippen LogP contribution in [0, 0.1) is 0 Å². The summed E-state index contributed by atoms with van der Waals surface area (Å²) in [5.74, 6) is 0. The number of nitrogens with two attached hydrogens (primary N) is 2. The van der Waals surface area contributed by atoms with Crippen molar-refractivity contribution in [1.82, 2.24) is 14.4 Å². The van der Waals surface area contributed by atoms with Crippen LogP contribution in [0.3, 0.4) is 0 Å². The largest absolute Gasteiger partial charge is 0.399 e. The minimum absolute atomic E-state index is 0. The van der Waals surface area contributed by atoms with Crippen molar-refractivity contribution in [3.05, 3.63) is 88.0 Å². The third kappa shape index (κ3) is 6.97. The average molecular weight is 595 g/mol. The van der Waals surface area contributed by atoms with Crippen LogP contribution in [0.1, 0.15) is 17.5 Å². The Morgan fingerprint density at radius 3 is 2.05 bits per heavy atom. The van der Waals surface area contributed by atoms with Crippen molar-refractivity contribution in [2.75, 3.05) is 38.5 Å². The summed E-state index contributed by atoms with van der Waals surface area (Å²) in [6.45, 7) is 7.35. The van der Waals surface area contributed by atoms with Crippen LogP contribution in [-0.4, -0.2) is 47.1 Å². The fraction of sp³-hybridized carbons (Fsp3) is 0.310. The van der Waals surface area contributed by atoms with Gasteiger partial charge < -0.3 is 16.0 Å². The predicted octanol–water partition coefficient (Wildman–Crippen LogP) is 6.71. The number of benzene rings is 3. The zero-order valence-corrected chi connectivity index (χ0v) is 24.4. The lowest BCUT2D eigenvalue weighted by molar-refractivity contribution is 0.122. The fourth-order valence-corrected chi connectivity index (χ4v) is 5.57. The molecule has 0 bridgehead atoms. The Kier molecular flexibility index (Phi) is 11.2. The first-order valence-electron chi connectivity index (χ1n) is 12.6. The van der Waals surface area contributed by atoms with E-state index in [1.807, 2.05) is 30.3 Å². The maximum absolute atomic E-state index is 6.39. The Bertz CT molecular complexity index is 1310. The number of aromatic nitrogens is 1. The highest BCUT2D eigenvalue weighted by Gasteiger charge is 2.20. The molecule has 0 aliphatic carbocycles. The minimum Gasteiger partial charge on any atom is -0.399 e. The first kappa shape index (κ1) is 30.6. The van der Waals surface area contributed by atoms with E-state index in [0.29, 0.717) is 6.54 Å². The second-order valence-electron chi connectivity index (χ2n) is 9.60. The van der Waals surface area contributed by atoms with Crippen molar-refractivity contribution in [3.8, 4) is 11.1 Å². The van der Waals surface area contributed by atoms with Gasteiger partial charge in [0.25, 0.3) is 0 Å². The number of aryl methyl sites for hydroxylation is 1. The summed E-state index contributed by atoms with van der Waals surface area (Å²) in [4.78, 5) is 4.96. The van der Waals surface area contributed by atoms with E-state index in [4.69, 9.17) is 34.7 Å². The molecule has 204 valence electrons. The molecule has 1 fully saturated rings. The summed E-state index contributed by atoms with van der Waals surface area (Å²) in [7, 11) is 0. The highest BCUT2D eigenvalue weighted by Crippen LogP contribution is 2.33. The Hall–Kier alpha value is -1.96. The Morgan fingerprint density at radius 2 is 1.42 bits per heavy atom. The van der Waals surface area contributed by atoms with Crippen molar-refractivity contribution in [2.24, 2.45) is 5.73 Å². The van der Waals surface area contributed by atoms with Gasteiger partial charge in [0.15, 0.2) is 0 Å². The van der Waals surface area contributed by atoms with Gasteiger partial charge in [0.2, 0.25) is 0 Å². The van der Waals surface area contributed by atoms with E-state index in [0.717, 1.165) is 73.5 Å². The van der Waals surface area contributed by atoms with Gasteiger partial charge >= 0.3 is 0 Å². The molecule has 1 aliphatic rings. The fourth-order valence-electron chi connectivity index (χ4n) is 5.05. The van der Waals surface area contributed by atoms with E-state index in [9.17, 15) is 0 Å². The molecule has 1 aliphatic heterocycles. The SMILES string of the molecule is Cl.Cl.NCCCn1cc(-c2ccc(N)cc2)c2cc(CN3CCN(Cc4c(Cl)cccc4Cl)CC3)ccc21. The summed E-state index contributed by atoms with van der Waals surface area (Å²) < 4.78 is 2.33. The molecule has 3 aromatic carbocycles. The van der Waals surface area contributed by atoms with Crippen molar-refractivity contribution in [3.63, 3.8) is 0 Å². The zero-order chi connectivity index (χ0) is 25.1. The van der Waals surface area contributed by atoms with Crippen LogP contribution in [-0.2, 0) is 19.6 Å². The molecular weight excluding hydrogens is 560 g/mol. The molecule has 38 heavy (non-hydrogen) atoms. The van der Waals surface area contributed by atoms with Gasteiger partial charge in [-0.05, 0) is 60.5 Å². The quantitative estimate of drug-likeness (QED) is 0.223. The molecule has 2 heterocycles. The molecule has 0 unspecified atom stereocenters. The molecule has 5 nitrogen and oxygen atoms in total. The van der Waals surface area contributed by atoms with E-state index >= 15 is 0 Å². The molecular formula is C29H35Cl4N5. The minimum atomic E-state index is 0. The predicted molar refractivity (Wildman–Crippen MR) is 167 cm³/mol. The zero-order valence-electron chi connectivity index (χ0n) is 21.3. The summed E-state index contributed by atoms with van der Waals surface area (Å²) in [6, 6.07) is 20.8. The Morgan fingerprint density at radius 1 is 0.789 bits per heavy atom. The molecule has 0 amide bonds. The van der Waals surface area contributed by atoms with Crippen molar-refractivity contribution < 1.29 is 0 Å². The molecule has 5 rings (SSSR count). The molecule has 1 saturated heterocycles. The number of fused-ring (bicyclic) bond motifs is 1. The first-order valence-corrected chi connectivity index (χ1v) is 13.3. The lowest BCUT2D eigenvalue weighted by Gasteiger charge is -2.35. The van der Waals surface area contributed by atoms with Crippen LogP contribution in [0.15, 0.2) is 66.9 Å². The van der Waals surface area contributed by atoms with Gasteiger partial charge in [0.1, 0.15) is 0 Å². The Labute approximate surface area is 247 Å². The molecule has 0 spiro atoms. The van der Waals surface area contributed by atoms with E-state index < -0.39 is 0 Å². The highest BCUT2D eigenvalue weighted by molar-refractivity contribution is 6.35. The van der Waals surface area contributed by atoms with Gasteiger partial charge in [-0.3, -0.25) is 9.80 Å². The molecule has 0 atom stereocenters. The summed E-state index contributed by atoms with van der Waals surface area (Å²) in [5.41, 5.74) is 18.6. The molecule has 4 N–H and O–H groups in total. The second-order valence-corrected chi connectivity index (χ2v) is 10.4. The summed E-state index contributed by atoms with van der Waals surface area (Å²) in [6.07, 6.45) is 3.21. The number of rotatable bonds is 8. The van der Waals surface area contributed by atoms with Gasteiger partial charge in [-0.15, -0.1) is 24.8 Å². The normalized spacial score (nSPS) is 14.3. The number of hydrogen-bond acceptors (Lipinski definition) is 4. The summed E-state index contributed by atoms with van der Waals surface area (Å²) in [5, 5.41) is 2.77. The smallest absolute Gasteiger partial charge is 0.0486 e. The number of anilines is 1. The van der Waals surface area contributed by atoms with E-state index in [1.54, 1.807) is 0 Å². The monoisotopic (exact) mass is 593 g/mol. The molecule has 1 aromatic heterocycles. The molecule has 9 heteroatoms. The van der Waals surface area contributed by atoms with Gasteiger partial charge in [0, 0.05) is 89.8 Å². The van der Waals surface area contributed by atoms with Gasteiger partial charge in [0.05, 0.1) is 0 Å². The topological polar surface area (TPSA) is 63.5 Å². The standard InChI is InChI=1S/C29H33Cl2N5.2ClH/c30-27-3-1-4-28(31)26(27)19-35-15-13-34(14-16-35)18-21-5-10-29-24(17-21)25(20-36(29)12-2-11-32)22-6-8-23(33)9-7-22;;/h1,3-10,17,20H,2,11-16,18-19,32-33H2;2*1H. The maximum Gasteiger partial charge on any atom is 0.0486 e. The lowest BCUT2D eigenvalue weighted by atomic mass is 10.0. The molecule has 0 saturated carbocycles. The lowest BCUT2D eigenvalue weighted by Crippen LogP contribution is -2.45. The van der Waals surface area contributed by atoms with Crippen molar-refractivity contribution >= 4 is 64.6 Å². The van der Waals surface area contributed by atoms with Crippen molar-refractivity contribution in [2.45, 2.75) is 26.1 Å². The van der Waals surface area contributed by atoms with Crippen LogP contribution in [0.2, 0.25) is 10.0 Å². The Balaban J connectivity index is 0.00000200. The number of nitrogens with zero attached hydrogens (tertiary/aromatic N) is 3. The van der Waals surface area contributed by atoms with E-state index in [1.165, 1.54) is 27.6 Å². The van der Waals surface area contributed by atoms with Gasteiger partial charge in [-0.1, -0.05) is 47.5 Å². The highest BCUT2D eigenvalue weighted by atomic mass is 35.5. The van der Waals surface area contributed by atoms with E-state index in [2.05, 4.69) is 50.9 Å². The maximum atomic E-state index is 6.39. The van der Waals surface area contributed by atoms with Crippen LogP contribution >= 0.6 is 48.0 Å². The van der Waals surface area contributed by atoms with Crippen molar-refractivity contribution in [1.29, 1.82) is 0 Å². The average Bonchev–Trinajstić information content (AvgIpc) is 3.24. The van der Waals surface area contributed by atoms with Gasteiger partial charge in [-0.25, -0.2) is 0 Å². The number of hydrogen-bond donors (Lipinski definition) is 2. The second kappa shape index (κ2) is 13.9. The molecule has 4 aromatic rings. The van der Waals surface area contributed by atoms with Crippen LogP contribution in [0.25, 0.3) is 22.0 Å². The third-order valence-corrected chi connectivity index (χ3v) is 7.79. The number of nitrogen functional groups attached to an aromatic ring is 1. The van der Waals surface area contributed by atoms with Crippen LogP contribution in [0.4, 0.5) is 5.69 Å². The van der Waals surface area contributed by atoms with E-state index in [-0.39, 0.29) is 24.8 Å². The molecule has 0 radical (unpaired) electrons. The first-order chi connectivity index (χ1) is 17.5. The number of halogens is 4. The van der Waals surface area contributed by atoms with Crippen LogP contribution < -0.4 is 11.5 Å². The number of piperazine rings is 1. The third-order valence-electron chi connectivity index (χ3n) is 7.08. The van der Waals surface area contributed by atoms with Crippen LogP contribution in [0.5, 0.6) is 0 Å². The van der Waals surface area contributed by atoms with Gasteiger partial charge in [-0.2, -0.15) is 0 Å². The summed E-state index contributed by atoms with van der Waals surface area (Å²) >= 11 is 12.8.